The summed E-state index contributed by atoms with van der Waals surface area (Å²) >= 11 is 3.04. The number of carbonyl (C=O) groups excluding carboxylic acids is 1. The van der Waals surface area contributed by atoms with E-state index in [1.165, 1.54) is 11.3 Å². The number of amides is 1. The molecule has 1 amide bonds. The summed E-state index contributed by atoms with van der Waals surface area (Å²) in [5.41, 5.74) is 8.01. The molecular formula is C14H17ClN4O2S2. The molecule has 0 bridgehead atoms. The molecule has 0 aliphatic carbocycles. The number of rotatable bonds is 5. The highest BCUT2D eigenvalue weighted by Gasteiger charge is 2.29. The second kappa shape index (κ2) is 8.60. The minimum atomic E-state index is -0.399. The first-order chi connectivity index (χ1) is 10.7. The molecule has 0 radical (unpaired) electrons. The number of carbonyl (C=O) groups is 1. The van der Waals surface area contributed by atoms with E-state index in [0.717, 1.165) is 27.8 Å². The molecule has 0 unspecified atom stereocenters. The summed E-state index contributed by atoms with van der Waals surface area (Å²) in [5, 5.41) is 10.7. The van der Waals surface area contributed by atoms with Gasteiger partial charge in [0.2, 0.25) is 0 Å². The Morgan fingerprint density at radius 1 is 1.39 bits per heavy atom. The third-order valence-corrected chi connectivity index (χ3v) is 5.12. The molecule has 1 aliphatic rings. The maximum absolute atomic E-state index is 12.1. The number of nitrogens with zero attached hydrogens (tertiary/aromatic N) is 2. The first kappa shape index (κ1) is 18.2. The molecule has 124 valence electrons. The van der Waals surface area contributed by atoms with Gasteiger partial charge in [0.1, 0.15) is 11.6 Å². The number of nitrogens with two attached hydrogens (primary N) is 1. The lowest BCUT2D eigenvalue weighted by atomic mass is 10.2. The van der Waals surface area contributed by atoms with Crippen LogP contribution in [0.25, 0.3) is 0 Å². The van der Waals surface area contributed by atoms with Gasteiger partial charge >= 0.3 is 0 Å². The van der Waals surface area contributed by atoms with E-state index in [2.05, 4.69) is 15.5 Å². The van der Waals surface area contributed by atoms with E-state index in [4.69, 9.17) is 10.5 Å². The van der Waals surface area contributed by atoms with E-state index in [9.17, 15) is 4.79 Å². The molecular weight excluding hydrogens is 356 g/mol. The number of anilines is 1. The van der Waals surface area contributed by atoms with Crippen LogP contribution in [0.4, 0.5) is 5.69 Å². The zero-order chi connectivity index (χ0) is 15.4. The van der Waals surface area contributed by atoms with Crippen molar-refractivity contribution in [2.24, 2.45) is 5.73 Å². The van der Waals surface area contributed by atoms with Crippen molar-refractivity contribution in [1.82, 2.24) is 10.2 Å². The maximum Gasteiger partial charge on any atom is 0.253 e. The van der Waals surface area contributed by atoms with Crippen molar-refractivity contribution in [2.75, 3.05) is 11.9 Å². The Hall–Kier alpha value is -1.19. The highest BCUT2D eigenvalue weighted by molar-refractivity contribution is 8.01. The quantitative estimate of drug-likeness (QED) is 0.838. The molecule has 1 aliphatic heterocycles. The van der Waals surface area contributed by atoms with E-state index in [1.807, 2.05) is 24.3 Å². The molecule has 23 heavy (non-hydrogen) atoms. The minimum absolute atomic E-state index is 0. The average molecular weight is 373 g/mol. The smallest absolute Gasteiger partial charge is 0.253 e. The highest BCUT2D eigenvalue weighted by Crippen LogP contribution is 2.29. The average Bonchev–Trinajstić information content (AvgIpc) is 3.20. The molecule has 0 saturated carbocycles. The minimum Gasteiger partial charge on any atom is -0.364 e. The fourth-order valence-corrected chi connectivity index (χ4v) is 3.66. The molecule has 3 rings (SSSR count). The van der Waals surface area contributed by atoms with Crippen LogP contribution in [0.2, 0.25) is 0 Å². The van der Waals surface area contributed by atoms with Crippen molar-refractivity contribution in [3.8, 4) is 0 Å². The number of nitrogens with one attached hydrogen (secondary N) is 1. The Kier molecular flexibility index (Phi) is 6.79. The molecule has 3 N–H and O–H groups in total. The van der Waals surface area contributed by atoms with Crippen LogP contribution in [0.3, 0.4) is 0 Å². The van der Waals surface area contributed by atoms with E-state index >= 15 is 0 Å². The second-order valence-corrected chi connectivity index (χ2v) is 7.03. The molecule has 2 heterocycles. The largest absolute Gasteiger partial charge is 0.364 e. The summed E-state index contributed by atoms with van der Waals surface area (Å²) in [6.45, 7) is 0.460. The zero-order valence-corrected chi connectivity index (χ0v) is 14.6. The predicted molar refractivity (Wildman–Crippen MR) is 93.3 cm³/mol. The van der Waals surface area contributed by atoms with Crippen LogP contribution in [-0.4, -0.2) is 34.9 Å². The Morgan fingerprint density at radius 2 is 2.17 bits per heavy atom. The maximum atomic E-state index is 12.1. The number of ether oxygens (including phenoxy) is 1. The van der Waals surface area contributed by atoms with Gasteiger partial charge in [-0.25, -0.2) is 0 Å². The summed E-state index contributed by atoms with van der Waals surface area (Å²) in [7, 11) is 0. The van der Waals surface area contributed by atoms with Gasteiger partial charge in [0.05, 0.1) is 6.10 Å². The topological polar surface area (TPSA) is 90.1 Å². The number of halogens is 1. The predicted octanol–water partition coefficient (Wildman–Crippen LogP) is 2.56. The van der Waals surface area contributed by atoms with Gasteiger partial charge < -0.3 is 15.8 Å². The lowest BCUT2D eigenvalue weighted by Gasteiger charge is -2.12. The molecule has 2 aromatic rings. The fourth-order valence-electron chi connectivity index (χ4n) is 2.21. The van der Waals surface area contributed by atoms with Crippen LogP contribution in [-0.2, 0) is 9.53 Å². The summed E-state index contributed by atoms with van der Waals surface area (Å²) in [6, 6.07) is 7.63. The van der Waals surface area contributed by atoms with Crippen molar-refractivity contribution < 1.29 is 9.53 Å². The van der Waals surface area contributed by atoms with Crippen molar-refractivity contribution in [2.45, 2.75) is 34.3 Å². The molecule has 2 atom stereocenters. The molecule has 0 spiro atoms. The van der Waals surface area contributed by atoms with Crippen LogP contribution in [0, 0.1) is 0 Å². The first-order valence-corrected chi connectivity index (χ1v) is 8.64. The van der Waals surface area contributed by atoms with Gasteiger partial charge in [0.25, 0.3) is 5.91 Å². The number of aromatic nitrogens is 2. The number of benzene rings is 1. The summed E-state index contributed by atoms with van der Waals surface area (Å²) in [4.78, 5) is 13.2. The van der Waals surface area contributed by atoms with Gasteiger partial charge in [0.15, 0.2) is 4.34 Å². The lowest BCUT2D eigenvalue weighted by molar-refractivity contribution is -0.126. The highest BCUT2D eigenvalue weighted by atomic mass is 35.5. The second-order valence-electron chi connectivity index (χ2n) is 4.88. The van der Waals surface area contributed by atoms with Crippen molar-refractivity contribution in [3.63, 3.8) is 0 Å². The van der Waals surface area contributed by atoms with Crippen LogP contribution < -0.4 is 11.1 Å². The molecule has 9 heteroatoms. The van der Waals surface area contributed by atoms with Crippen molar-refractivity contribution >= 4 is 47.1 Å². The van der Waals surface area contributed by atoms with Crippen LogP contribution in [0.5, 0.6) is 0 Å². The third-order valence-electron chi connectivity index (χ3n) is 3.33. The number of hydrogen-bond acceptors (Lipinski definition) is 7. The van der Waals surface area contributed by atoms with E-state index in [1.54, 1.807) is 17.3 Å². The van der Waals surface area contributed by atoms with Crippen LogP contribution in [0.15, 0.2) is 39.0 Å². The lowest BCUT2D eigenvalue weighted by Crippen LogP contribution is -2.29. The van der Waals surface area contributed by atoms with Crippen molar-refractivity contribution in [3.05, 3.63) is 29.8 Å². The normalized spacial score (nSPS) is 20.0. The van der Waals surface area contributed by atoms with Gasteiger partial charge in [-0.15, -0.1) is 22.6 Å². The monoisotopic (exact) mass is 372 g/mol. The summed E-state index contributed by atoms with van der Waals surface area (Å²) in [6.07, 6.45) is 1.16. The Bertz CT molecular complexity index is 624. The molecule has 6 nitrogen and oxygen atoms in total. The van der Waals surface area contributed by atoms with Crippen LogP contribution in [0.1, 0.15) is 12.8 Å². The first-order valence-electron chi connectivity index (χ1n) is 6.95. The van der Waals surface area contributed by atoms with E-state index < -0.39 is 6.10 Å². The number of hydrogen-bond donors (Lipinski definition) is 2. The van der Waals surface area contributed by atoms with Crippen molar-refractivity contribution in [1.29, 1.82) is 0 Å². The molecule has 1 aromatic carbocycles. The SMILES string of the molecule is Cl.NC[C@H]1CC[C@@H](C(=O)Nc2ccc(Sc3nncs3)cc2)O1. The Labute approximate surface area is 148 Å². The molecule has 1 aromatic heterocycles. The van der Waals surface area contributed by atoms with Gasteiger partial charge in [-0.1, -0.05) is 23.1 Å². The van der Waals surface area contributed by atoms with Gasteiger partial charge in [-0.2, -0.15) is 0 Å². The Morgan fingerprint density at radius 3 is 2.78 bits per heavy atom. The molecule has 1 saturated heterocycles. The van der Waals surface area contributed by atoms with Crippen LogP contribution >= 0.6 is 35.5 Å². The van der Waals surface area contributed by atoms with E-state index in [-0.39, 0.29) is 24.4 Å². The fraction of sp³-hybridized carbons (Fsp3) is 0.357. The molecule has 1 fully saturated rings. The third kappa shape index (κ3) is 4.89. The standard InChI is InChI=1S/C14H16N4O2S2.ClH/c15-7-10-3-6-12(20-10)13(19)17-9-1-4-11(5-2-9)22-14-18-16-8-21-14;/h1-2,4-5,8,10,12H,3,6-7,15H2,(H,17,19);1H/t10-,12+;/m1./s1. The van der Waals surface area contributed by atoms with Gasteiger partial charge in [-0.3, -0.25) is 4.79 Å². The summed E-state index contributed by atoms with van der Waals surface area (Å²) in [5.74, 6) is -0.111. The summed E-state index contributed by atoms with van der Waals surface area (Å²) < 4.78 is 6.48. The van der Waals surface area contributed by atoms with E-state index in [0.29, 0.717) is 6.54 Å². The van der Waals surface area contributed by atoms with Gasteiger partial charge in [0, 0.05) is 17.1 Å². The Balaban J connectivity index is 0.00000192. The zero-order valence-electron chi connectivity index (χ0n) is 12.2. The van der Waals surface area contributed by atoms with Gasteiger partial charge in [-0.05, 0) is 37.1 Å².